The van der Waals surface area contributed by atoms with Crippen molar-refractivity contribution in [3.63, 3.8) is 0 Å². The molecule has 3 N–H and O–H groups in total. The Bertz CT molecular complexity index is 637. The molecule has 0 saturated carbocycles. The van der Waals surface area contributed by atoms with Crippen molar-refractivity contribution in [3.8, 4) is 0 Å². The maximum atomic E-state index is 12.4. The van der Waals surface area contributed by atoms with Gasteiger partial charge in [0, 0.05) is 6.42 Å². The molecule has 4 nitrogen and oxygen atoms in total. The summed E-state index contributed by atoms with van der Waals surface area (Å²) in [5.74, 6) is -0.0602. The molecule has 2 atom stereocenters. The number of nitrogens with one attached hydrogen (secondary N) is 1. The molecule has 47 heavy (non-hydrogen) atoms. The first-order chi connectivity index (χ1) is 23.2. The molecule has 0 spiro atoms. The average molecular weight is 664 g/mol. The van der Waals surface area contributed by atoms with Crippen LogP contribution in [0.1, 0.15) is 239 Å². The lowest BCUT2D eigenvalue weighted by molar-refractivity contribution is -0.123. The second kappa shape index (κ2) is 39.6. The highest BCUT2D eigenvalue weighted by Gasteiger charge is 2.17. The van der Waals surface area contributed by atoms with E-state index in [2.05, 4.69) is 19.2 Å². The predicted octanol–water partition coefficient (Wildman–Crippen LogP) is 13.1. The first-order valence-electron chi connectivity index (χ1n) is 21.4. The topological polar surface area (TPSA) is 69.6 Å². The van der Waals surface area contributed by atoms with Crippen LogP contribution >= 0.6 is 0 Å². The summed E-state index contributed by atoms with van der Waals surface area (Å²) in [6, 6.07) is -0.615. The van der Waals surface area contributed by atoms with Gasteiger partial charge in [-0.15, -0.1) is 0 Å². The number of carbonyl (C=O) groups is 1. The zero-order chi connectivity index (χ0) is 34.3. The molecule has 0 aliphatic carbocycles. The molecule has 0 fully saturated rings. The number of allylic oxidation sites excluding steroid dienone is 1. The molecule has 4 heteroatoms. The molecule has 0 aromatic rings. The number of unbranched alkanes of at least 4 members (excludes halogenated alkanes) is 32. The Morgan fingerprint density at radius 2 is 0.787 bits per heavy atom. The van der Waals surface area contributed by atoms with Gasteiger partial charge in [-0.25, -0.2) is 0 Å². The van der Waals surface area contributed by atoms with Gasteiger partial charge in [0.15, 0.2) is 0 Å². The Morgan fingerprint density at radius 1 is 0.489 bits per heavy atom. The number of aliphatic hydroxyl groups is 2. The maximum Gasteiger partial charge on any atom is 0.220 e. The Hall–Kier alpha value is -0.870. The summed E-state index contributed by atoms with van der Waals surface area (Å²) in [6.45, 7) is 4.32. The van der Waals surface area contributed by atoms with Crippen LogP contribution in [0.3, 0.4) is 0 Å². The fourth-order valence-electron chi connectivity index (χ4n) is 6.71. The van der Waals surface area contributed by atoms with Crippen LogP contribution in [-0.2, 0) is 4.79 Å². The average Bonchev–Trinajstić information content (AvgIpc) is 3.07. The summed E-state index contributed by atoms with van der Waals surface area (Å²) in [4.78, 5) is 12.4. The van der Waals surface area contributed by atoms with Crippen molar-refractivity contribution < 1.29 is 15.0 Å². The van der Waals surface area contributed by atoms with E-state index in [0.29, 0.717) is 6.42 Å². The Labute approximate surface area is 295 Å². The molecule has 280 valence electrons. The monoisotopic (exact) mass is 664 g/mol. The number of hydrogen-bond donors (Lipinski definition) is 3. The second-order valence-electron chi connectivity index (χ2n) is 14.8. The minimum atomic E-state index is -0.832. The molecule has 0 bridgehead atoms. The van der Waals surface area contributed by atoms with E-state index in [1.165, 1.54) is 193 Å². The quantitative estimate of drug-likeness (QED) is 0.0453. The van der Waals surface area contributed by atoms with Crippen molar-refractivity contribution in [2.75, 3.05) is 6.61 Å². The van der Waals surface area contributed by atoms with E-state index in [-0.39, 0.29) is 12.5 Å². The molecule has 0 aliphatic heterocycles. The van der Waals surface area contributed by atoms with Gasteiger partial charge in [0.05, 0.1) is 18.8 Å². The fourth-order valence-corrected chi connectivity index (χ4v) is 6.71. The third-order valence-electron chi connectivity index (χ3n) is 10.0. The summed E-state index contributed by atoms with van der Waals surface area (Å²) in [7, 11) is 0. The zero-order valence-corrected chi connectivity index (χ0v) is 32.1. The molecule has 0 saturated heterocycles. The van der Waals surface area contributed by atoms with Crippen LogP contribution in [0.2, 0.25) is 0 Å². The van der Waals surface area contributed by atoms with Gasteiger partial charge in [0.1, 0.15) is 0 Å². The van der Waals surface area contributed by atoms with Gasteiger partial charge in [0.25, 0.3) is 0 Å². The molecule has 0 unspecified atom stereocenters. The normalized spacial score (nSPS) is 13.0. The van der Waals surface area contributed by atoms with E-state index in [0.717, 1.165) is 25.7 Å². The molecule has 0 aliphatic rings. The summed E-state index contributed by atoms with van der Waals surface area (Å²) in [5, 5.41) is 23.0. The molecular formula is C43H85NO3. The third-order valence-corrected chi connectivity index (χ3v) is 10.0. The highest BCUT2D eigenvalue weighted by Crippen LogP contribution is 2.16. The smallest absolute Gasteiger partial charge is 0.220 e. The zero-order valence-electron chi connectivity index (χ0n) is 32.1. The second-order valence-corrected chi connectivity index (χ2v) is 14.8. The van der Waals surface area contributed by atoms with Gasteiger partial charge in [0.2, 0.25) is 5.91 Å². The molecule has 0 radical (unpaired) electrons. The van der Waals surface area contributed by atoms with Crippen molar-refractivity contribution in [1.29, 1.82) is 0 Å². The van der Waals surface area contributed by atoms with Gasteiger partial charge in [-0.3, -0.25) is 4.79 Å². The Morgan fingerprint density at radius 3 is 1.11 bits per heavy atom. The fraction of sp³-hybridized carbons (Fsp3) is 0.930. The number of hydrogen-bond acceptors (Lipinski definition) is 3. The van der Waals surface area contributed by atoms with Crippen molar-refractivity contribution >= 4 is 5.91 Å². The standard InChI is InChI=1S/C43H85NO3/c1-3-5-7-9-11-13-15-17-18-19-20-21-22-23-24-25-27-29-31-33-35-37-39-43(47)44-41(40-45)42(46)38-36-34-32-30-28-26-16-14-12-10-8-6-4-2/h36,38,41-42,45-46H,3-35,37,39-40H2,1-2H3,(H,44,47)/b38-36+/t41-,42+/m0/s1. The van der Waals surface area contributed by atoms with Gasteiger partial charge >= 0.3 is 0 Å². The Kier molecular flexibility index (Phi) is 38.8. The first kappa shape index (κ1) is 46.1. The van der Waals surface area contributed by atoms with Crippen LogP contribution in [0.4, 0.5) is 0 Å². The molecule has 0 rings (SSSR count). The minimum Gasteiger partial charge on any atom is -0.394 e. The van der Waals surface area contributed by atoms with Crippen LogP contribution in [0.25, 0.3) is 0 Å². The van der Waals surface area contributed by atoms with Gasteiger partial charge in [-0.1, -0.05) is 225 Å². The van der Waals surface area contributed by atoms with E-state index in [1.807, 2.05) is 6.08 Å². The van der Waals surface area contributed by atoms with E-state index in [1.54, 1.807) is 6.08 Å². The number of carbonyl (C=O) groups excluding carboxylic acids is 1. The van der Waals surface area contributed by atoms with Crippen LogP contribution in [0.15, 0.2) is 12.2 Å². The SMILES string of the molecule is CCCCCCCCCCCCC/C=C/[C@@H](O)[C@H](CO)NC(=O)CCCCCCCCCCCCCCCCCCCCCCCC. The first-order valence-corrected chi connectivity index (χ1v) is 21.4. The van der Waals surface area contributed by atoms with Gasteiger partial charge < -0.3 is 15.5 Å². The van der Waals surface area contributed by atoms with Gasteiger partial charge in [-0.2, -0.15) is 0 Å². The Balaban J connectivity index is 3.50. The molecule has 0 aromatic carbocycles. The summed E-state index contributed by atoms with van der Waals surface area (Å²) in [5.41, 5.74) is 0. The van der Waals surface area contributed by atoms with Crippen LogP contribution in [0.5, 0.6) is 0 Å². The molecule has 0 aromatic heterocycles. The molecule has 1 amide bonds. The van der Waals surface area contributed by atoms with Crippen molar-refractivity contribution in [2.45, 2.75) is 251 Å². The minimum absolute atomic E-state index is 0.0602. The predicted molar refractivity (Wildman–Crippen MR) is 207 cm³/mol. The number of rotatable bonds is 39. The van der Waals surface area contributed by atoms with Crippen LogP contribution in [0, 0.1) is 0 Å². The highest BCUT2D eigenvalue weighted by molar-refractivity contribution is 5.76. The largest absolute Gasteiger partial charge is 0.394 e. The molecule has 0 heterocycles. The highest BCUT2D eigenvalue weighted by atomic mass is 16.3. The van der Waals surface area contributed by atoms with Crippen molar-refractivity contribution in [3.05, 3.63) is 12.2 Å². The lowest BCUT2D eigenvalue weighted by atomic mass is 10.0. The van der Waals surface area contributed by atoms with E-state index >= 15 is 0 Å². The van der Waals surface area contributed by atoms with Crippen molar-refractivity contribution in [1.82, 2.24) is 5.32 Å². The van der Waals surface area contributed by atoms with Crippen LogP contribution < -0.4 is 5.32 Å². The van der Waals surface area contributed by atoms with E-state index in [4.69, 9.17) is 0 Å². The lowest BCUT2D eigenvalue weighted by Crippen LogP contribution is -2.45. The molecular weight excluding hydrogens is 578 g/mol. The lowest BCUT2D eigenvalue weighted by Gasteiger charge is -2.20. The van der Waals surface area contributed by atoms with Crippen LogP contribution in [-0.4, -0.2) is 34.9 Å². The summed E-state index contributed by atoms with van der Waals surface area (Å²) < 4.78 is 0. The number of aliphatic hydroxyl groups excluding tert-OH is 2. The summed E-state index contributed by atoms with van der Waals surface area (Å²) in [6.07, 6.45) is 48.9. The van der Waals surface area contributed by atoms with Crippen molar-refractivity contribution in [2.24, 2.45) is 0 Å². The summed E-state index contributed by atoms with van der Waals surface area (Å²) >= 11 is 0. The van der Waals surface area contributed by atoms with Gasteiger partial charge in [-0.05, 0) is 19.3 Å². The third kappa shape index (κ3) is 36.2. The number of amides is 1. The van der Waals surface area contributed by atoms with E-state index < -0.39 is 12.1 Å². The van der Waals surface area contributed by atoms with E-state index in [9.17, 15) is 15.0 Å². The maximum absolute atomic E-state index is 12.4.